The Kier molecular flexibility index (Phi) is 6.59. The number of aldehydes is 1. The summed E-state index contributed by atoms with van der Waals surface area (Å²) in [7, 11) is 0. The van der Waals surface area contributed by atoms with Crippen molar-refractivity contribution in [3.05, 3.63) is 51.9 Å². The minimum atomic E-state index is -4.43. The van der Waals surface area contributed by atoms with Crippen LogP contribution in [0.3, 0.4) is 0 Å². The number of ketones is 1. The van der Waals surface area contributed by atoms with E-state index >= 15 is 0 Å². The van der Waals surface area contributed by atoms with Gasteiger partial charge in [0.1, 0.15) is 11.8 Å². The number of fused-ring (bicyclic) bond motifs is 1. The maximum atomic E-state index is 12.8. The van der Waals surface area contributed by atoms with Gasteiger partial charge in [0.25, 0.3) is 0 Å². The van der Waals surface area contributed by atoms with E-state index in [0.717, 1.165) is 17.7 Å². The van der Waals surface area contributed by atoms with Gasteiger partial charge in [-0.3, -0.25) is 9.59 Å². The minimum absolute atomic E-state index is 0.156. The fourth-order valence-corrected chi connectivity index (χ4v) is 2.76. The lowest BCUT2D eigenvalue weighted by molar-refractivity contribution is -0.137. The van der Waals surface area contributed by atoms with Gasteiger partial charge in [-0.05, 0) is 69.9 Å². The van der Waals surface area contributed by atoms with Gasteiger partial charge in [-0.25, -0.2) is 4.98 Å². The molecule has 2 rings (SSSR count). The van der Waals surface area contributed by atoms with Crippen molar-refractivity contribution >= 4 is 23.2 Å². The molecule has 0 aliphatic heterocycles. The van der Waals surface area contributed by atoms with Crippen molar-refractivity contribution in [1.29, 1.82) is 0 Å². The van der Waals surface area contributed by atoms with Crippen LogP contribution in [0.5, 0.6) is 0 Å². The number of halogens is 3. The zero-order valence-corrected chi connectivity index (χ0v) is 16.2. The van der Waals surface area contributed by atoms with Gasteiger partial charge in [0.05, 0.1) is 5.56 Å². The number of alkyl halides is 3. The van der Waals surface area contributed by atoms with E-state index in [0.29, 0.717) is 53.7 Å². The smallest absolute Gasteiger partial charge is 0.416 e. The van der Waals surface area contributed by atoms with Crippen molar-refractivity contribution in [3.8, 4) is 0 Å². The van der Waals surface area contributed by atoms with Gasteiger partial charge in [0.2, 0.25) is 0 Å². The van der Waals surface area contributed by atoms with Crippen molar-refractivity contribution < 1.29 is 27.2 Å². The number of aromatic nitrogens is 1. The molecule has 0 spiro atoms. The number of carbonyl (C=O) groups is 2. The van der Waals surface area contributed by atoms with Crippen molar-refractivity contribution in [2.75, 3.05) is 0 Å². The summed E-state index contributed by atoms with van der Waals surface area (Å²) < 4.78 is 43.9. The van der Waals surface area contributed by atoms with Crippen LogP contribution in [0.2, 0.25) is 0 Å². The number of aryl methyl sites for hydroxylation is 1. The molecule has 28 heavy (non-hydrogen) atoms. The van der Waals surface area contributed by atoms with Gasteiger partial charge < -0.3 is 4.42 Å². The summed E-state index contributed by atoms with van der Waals surface area (Å²) in [5, 5.41) is 0. The van der Waals surface area contributed by atoms with Crippen molar-refractivity contribution in [2.45, 2.75) is 53.1 Å². The molecule has 0 radical (unpaired) electrons. The van der Waals surface area contributed by atoms with E-state index in [2.05, 4.69) is 4.98 Å². The monoisotopic (exact) mass is 393 g/mol. The van der Waals surface area contributed by atoms with Crippen LogP contribution in [-0.2, 0) is 22.2 Å². The average molecular weight is 393 g/mol. The minimum Gasteiger partial charge on any atom is -0.441 e. The maximum absolute atomic E-state index is 12.8. The summed E-state index contributed by atoms with van der Waals surface area (Å²) in [5.74, 6) is 0.156. The lowest BCUT2D eigenvalue weighted by Crippen LogP contribution is -2.09. The van der Waals surface area contributed by atoms with Crippen LogP contribution in [-0.4, -0.2) is 17.1 Å². The summed E-state index contributed by atoms with van der Waals surface area (Å²) in [4.78, 5) is 27.6. The largest absolute Gasteiger partial charge is 0.441 e. The SMILES string of the molecule is CC(C)=C(CCCc1nc2cc(C(F)(F)F)ccc2o1)C(=O)/C(C)=C(/C)C=O. The molecule has 1 heterocycles. The lowest BCUT2D eigenvalue weighted by Gasteiger charge is -2.10. The van der Waals surface area contributed by atoms with Gasteiger partial charge >= 0.3 is 6.18 Å². The van der Waals surface area contributed by atoms with Crippen LogP contribution in [0.4, 0.5) is 13.2 Å². The number of rotatable bonds is 7. The highest BCUT2D eigenvalue weighted by atomic mass is 19.4. The Morgan fingerprint density at radius 2 is 1.86 bits per heavy atom. The number of nitrogens with zero attached hydrogens (tertiary/aromatic N) is 1. The summed E-state index contributed by atoms with van der Waals surface area (Å²) in [5.41, 5.74) is 1.95. The van der Waals surface area contributed by atoms with Crippen molar-refractivity contribution in [1.82, 2.24) is 4.98 Å². The number of allylic oxidation sites excluding steroid dienone is 4. The predicted molar refractivity (Wildman–Crippen MR) is 99.8 cm³/mol. The topological polar surface area (TPSA) is 60.2 Å². The molecule has 4 nitrogen and oxygen atoms in total. The Morgan fingerprint density at radius 1 is 1.18 bits per heavy atom. The summed E-state index contributed by atoms with van der Waals surface area (Å²) in [6, 6.07) is 3.18. The first-order valence-corrected chi connectivity index (χ1v) is 8.85. The van der Waals surface area contributed by atoms with Crippen LogP contribution in [0.1, 0.15) is 52.0 Å². The molecule has 0 unspecified atom stereocenters. The van der Waals surface area contributed by atoms with E-state index in [1.807, 2.05) is 13.8 Å². The number of benzene rings is 1. The quantitative estimate of drug-likeness (QED) is 0.453. The van der Waals surface area contributed by atoms with Gasteiger partial charge in [0, 0.05) is 12.0 Å². The molecule has 1 aromatic carbocycles. The standard InChI is InChI=1S/C21H22F3NO3/c1-12(2)16(20(27)14(4)13(3)11-26)6-5-7-19-25-17-10-15(21(22,23)24)8-9-18(17)28-19/h8-11H,5-7H2,1-4H3/b14-13-. The summed E-state index contributed by atoms with van der Waals surface area (Å²) in [6.07, 6.45) is -2.40. The predicted octanol–water partition coefficient (Wildman–Crippen LogP) is 5.61. The molecule has 0 fully saturated rings. The molecule has 0 saturated heterocycles. The molecule has 7 heteroatoms. The molecule has 0 bridgehead atoms. The van der Waals surface area contributed by atoms with E-state index in [4.69, 9.17) is 4.42 Å². The Labute approximate surface area is 161 Å². The van der Waals surface area contributed by atoms with E-state index in [-0.39, 0.29) is 11.3 Å². The molecule has 2 aromatic rings. The molecule has 0 aliphatic rings. The number of hydrogen-bond acceptors (Lipinski definition) is 4. The number of oxazole rings is 1. The molecule has 0 saturated carbocycles. The van der Waals surface area contributed by atoms with Crippen LogP contribution >= 0.6 is 0 Å². The number of Topliss-reactive ketones (excluding diaryl/α,β-unsaturated/α-hetero) is 1. The molecule has 1 aromatic heterocycles. The molecular weight excluding hydrogens is 371 g/mol. The Bertz CT molecular complexity index is 961. The second kappa shape index (κ2) is 8.54. The van der Waals surface area contributed by atoms with Crippen LogP contribution in [0.15, 0.2) is 44.9 Å². The molecule has 0 atom stereocenters. The molecule has 0 aliphatic carbocycles. The first kappa shape index (κ1) is 21.6. The highest BCUT2D eigenvalue weighted by Crippen LogP contribution is 2.31. The van der Waals surface area contributed by atoms with Crippen molar-refractivity contribution in [2.24, 2.45) is 0 Å². The van der Waals surface area contributed by atoms with Gasteiger partial charge in [-0.2, -0.15) is 13.2 Å². The van der Waals surface area contributed by atoms with Gasteiger partial charge in [0.15, 0.2) is 17.3 Å². The molecular formula is C21H22F3NO3. The first-order chi connectivity index (χ1) is 13.0. The summed E-state index contributed by atoms with van der Waals surface area (Å²) >= 11 is 0. The van der Waals surface area contributed by atoms with E-state index < -0.39 is 11.7 Å². The number of carbonyl (C=O) groups excluding carboxylic acids is 2. The van der Waals surface area contributed by atoms with Gasteiger partial charge in [-0.15, -0.1) is 0 Å². The maximum Gasteiger partial charge on any atom is 0.416 e. The van der Waals surface area contributed by atoms with Crippen LogP contribution < -0.4 is 0 Å². The average Bonchev–Trinajstić information content (AvgIpc) is 3.04. The van der Waals surface area contributed by atoms with Gasteiger partial charge in [-0.1, -0.05) is 5.57 Å². The Morgan fingerprint density at radius 3 is 2.43 bits per heavy atom. The zero-order chi connectivity index (χ0) is 21.1. The fourth-order valence-electron chi connectivity index (χ4n) is 2.76. The zero-order valence-electron chi connectivity index (χ0n) is 16.2. The highest BCUT2D eigenvalue weighted by Gasteiger charge is 2.31. The molecule has 150 valence electrons. The fraction of sp³-hybridized carbons (Fsp3) is 0.381. The van der Waals surface area contributed by atoms with Crippen LogP contribution in [0.25, 0.3) is 11.1 Å². The Balaban J connectivity index is 2.12. The van der Waals surface area contributed by atoms with E-state index in [1.54, 1.807) is 13.8 Å². The van der Waals surface area contributed by atoms with Crippen molar-refractivity contribution in [3.63, 3.8) is 0 Å². The molecule has 0 amide bonds. The molecule has 0 N–H and O–H groups in total. The normalized spacial score (nSPS) is 12.7. The second-order valence-electron chi connectivity index (χ2n) is 6.87. The Hall–Kier alpha value is -2.70. The van der Waals surface area contributed by atoms with Crippen LogP contribution in [0, 0.1) is 0 Å². The third-order valence-electron chi connectivity index (χ3n) is 4.56. The summed E-state index contributed by atoms with van der Waals surface area (Å²) in [6.45, 7) is 6.87. The lowest BCUT2D eigenvalue weighted by atomic mass is 9.94. The highest BCUT2D eigenvalue weighted by molar-refractivity contribution is 6.10. The number of hydrogen-bond donors (Lipinski definition) is 0. The third kappa shape index (κ3) is 4.97. The van der Waals surface area contributed by atoms with E-state index in [1.165, 1.54) is 6.07 Å². The third-order valence-corrected chi connectivity index (χ3v) is 4.56. The first-order valence-electron chi connectivity index (χ1n) is 8.85. The van der Waals surface area contributed by atoms with E-state index in [9.17, 15) is 22.8 Å². The second-order valence-corrected chi connectivity index (χ2v) is 6.87.